The van der Waals surface area contributed by atoms with E-state index in [1.54, 1.807) is 25.3 Å². The molecule has 0 bridgehead atoms. The lowest BCUT2D eigenvalue weighted by molar-refractivity contribution is -0.116. The predicted octanol–water partition coefficient (Wildman–Crippen LogP) is 5.80. The fourth-order valence-electron chi connectivity index (χ4n) is 3.33. The normalized spacial score (nSPS) is 16.1. The fourth-order valence-corrected chi connectivity index (χ4v) is 4.86. The van der Waals surface area contributed by atoms with Crippen LogP contribution in [0.4, 0.5) is 10.1 Å². The SMILES string of the molecule is COc1ccc(Br)cc1[C@@H]1CC(=O)Nc2c(-c3ccccc3F)csc21. The third-order valence-corrected chi connectivity index (χ3v) is 6.11. The van der Waals surface area contributed by atoms with E-state index in [-0.39, 0.29) is 17.6 Å². The summed E-state index contributed by atoms with van der Waals surface area (Å²) in [6.07, 6.45) is 0.330. The van der Waals surface area contributed by atoms with Crippen molar-refractivity contribution < 1.29 is 13.9 Å². The number of benzene rings is 2. The summed E-state index contributed by atoms with van der Waals surface area (Å²) in [5, 5.41) is 4.85. The van der Waals surface area contributed by atoms with E-state index in [1.165, 1.54) is 17.4 Å². The number of amides is 1. The maximum atomic E-state index is 14.3. The van der Waals surface area contributed by atoms with Gasteiger partial charge in [0.05, 0.1) is 12.8 Å². The van der Waals surface area contributed by atoms with Gasteiger partial charge >= 0.3 is 0 Å². The van der Waals surface area contributed by atoms with Gasteiger partial charge in [-0.1, -0.05) is 34.1 Å². The van der Waals surface area contributed by atoms with E-state index in [2.05, 4.69) is 21.2 Å². The molecule has 1 aliphatic rings. The average Bonchev–Trinajstić information content (AvgIpc) is 3.05. The molecular formula is C20H15BrFNO2S. The molecule has 4 rings (SSSR count). The van der Waals surface area contributed by atoms with Crippen LogP contribution in [0.15, 0.2) is 52.3 Å². The van der Waals surface area contributed by atoms with Crippen molar-refractivity contribution in [2.45, 2.75) is 12.3 Å². The summed E-state index contributed by atoms with van der Waals surface area (Å²) in [5.41, 5.74) is 2.85. The van der Waals surface area contributed by atoms with Crippen LogP contribution in [0.2, 0.25) is 0 Å². The molecular weight excluding hydrogens is 417 g/mol. The minimum Gasteiger partial charge on any atom is -0.496 e. The van der Waals surface area contributed by atoms with Crippen molar-refractivity contribution in [2.75, 3.05) is 12.4 Å². The van der Waals surface area contributed by atoms with Crippen LogP contribution in [0, 0.1) is 5.82 Å². The van der Waals surface area contributed by atoms with Crippen molar-refractivity contribution in [1.29, 1.82) is 0 Å². The monoisotopic (exact) mass is 431 g/mol. The number of fused-ring (bicyclic) bond motifs is 1. The van der Waals surface area contributed by atoms with Gasteiger partial charge in [0.25, 0.3) is 0 Å². The second kappa shape index (κ2) is 6.85. The first-order valence-corrected chi connectivity index (χ1v) is 9.75. The van der Waals surface area contributed by atoms with Crippen LogP contribution in [-0.2, 0) is 4.79 Å². The summed E-state index contributed by atoms with van der Waals surface area (Å²) >= 11 is 5.03. The third kappa shape index (κ3) is 2.93. The molecule has 1 aromatic heterocycles. The Morgan fingerprint density at radius 2 is 2.04 bits per heavy atom. The number of ether oxygens (including phenoxy) is 1. The Bertz CT molecular complexity index is 1000. The molecule has 0 aliphatic carbocycles. The third-order valence-electron chi connectivity index (χ3n) is 4.52. The summed E-state index contributed by atoms with van der Waals surface area (Å²) < 4.78 is 20.7. The van der Waals surface area contributed by atoms with E-state index in [0.29, 0.717) is 17.7 Å². The minimum atomic E-state index is -0.301. The van der Waals surface area contributed by atoms with Crippen LogP contribution in [-0.4, -0.2) is 13.0 Å². The van der Waals surface area contributed by atoms with Crippen molar-refractivity contribution in [3.63, 3.8) is 0 Å². The molecule has 0 fully saturated rings. The largest absolute Gasteiger partial charge is 0.496 e. The lowest BCUT2D eigenvalue weighted by Crippen LogP contribution is -2.22. The number of carbonyl (C=O) groups excluding carboxylic acids is 1. The molecule has 0 saturated carbocycles. The second-order valence-electron chi connectivity index (χ2n) is 6.06. The number of nitrogens with one attached hydrogen (secondary N) is 1. The zero-order valence-electron chi connectivity index (χ0n) is 13.9. The first kappa shape index (κ1) is 17.2. The summed E-state index contributed by atoms with van der Waals surface area (Å²) in [5.74, 6) is 0.224. The maximum absolute atomic E-state index is 14.3. The average molecular weight is 432 g/mol. The molecule has 3 aromatic rings. The number of anilines is 1. The molecule has 2 heterocycles. The summed E-state index contributed by atoms with van der Waals surface area (Å²) in [6.45, 7) is 0. The number of methoxy groups -OCH3 is 1. The Hall–Kier alpha value is -2.18. The van der Waals surface area contributed by atoms with Gasteiger partial charge in [0.1, 0.15) is 11.6 Å². The van der Waals surface area contributed by atoms with Crippen LogP contribution >= 0.6 is 27.3 Å². The second-order valence-corrected chi connectivity index (χ2v) is 7.89. The number of hydrogen-bond donors (Lipinski definition) is 1. The molecule has 0 saturated heterocycles. The van der Waals surface area contributed by atoms with Crippen LogP contribution in [0.1, 0.15) is 22.8 Å². The smallest absolute Gasteiger partial charge is 0.225 e. The van der Waals surface area contributed by atoms with Crippen LogP contribution in [0.5, 0.6) is 5.75 Å². The molecule has 2 aromatic carbocycles. The Morgan fingerprint density at radius 3 is 2.81 bits per heavy atom. The number of carbonyl (C=O) groups is 1. The molecule has 26 heavy (non-hydrogen) atoms. The van der Waals surface area contributed by atoms with Crippen LogP contribution < -0.4 is 10.1 Å². The number of hydrogen-bond acceptors (Lipinski definition) is 3. The molecule has 1 N–H and O–H groups in total. The van der Waals surface area contributed by atoms with Crippen molar-refractivity contribution in [2.24, 2.45) is 0 Å². The fraction of sp³-hybridized carbons (Fsp3) is 0.150. The van der Waals surface area contributed by atoms with Crippen LogP contribution in [0.3, 0.4) is 0 Å². The van der Waals surface area contributed by atoms with E-state index in [0.717, 1.165) is 26.2 Å². The molecule has 0 radical (unpaired) electrons. The maximum Gasteiger partial charge on any atom is 0.225 e. The Labute approximate surface area is 162 Å². The highest BCUT2D eigenvalue weighted by Gasteiger charge is 2.32. The standard InChI is InChI=1S/C20H15BrFNO2S/c1-25-17-7-6-11(21)8-13(17)14-9-18(24)23-19-15(10-26-20(14)19)12-4-2-3-5-16(12)22/h2-8,10,14H,9H2,1H3,(H,23,24)/t14-/m0/s1. The van der Waals surface area contributed by atoms with Gasteiger partial charge in [-0.25, -0.2) is 4.39 Å². The Morgan fingerprint density at radius 1 is 1.23 bits per heavy atom. The van der Waals surface area contributed by atoms with Gasteiger partial charge in [-0.2, -0.15) is 0 Å². The van der Waals surface area contributed by atoms with Gasteiger partial charge in [0.2, 0.25) is 5.91 Å². The van der Waals surface area contributed by atoms with Crippen molar-refractivity contribution >= 4 is 38.9 Å². The van der Waals surface area contributed by atoms with Gasteiger partial charge in [-0.15, -0.1) is 11.3 Å². The number of halogens is 2. The Balaban J connectivity index is 1.87. The van der Waals surface area contributed by atoms with Gasteiger partial charge in [-0.05, 0) is 24.3 Å². The number of rotatable bonds is 3. The van der Waals surface area contributed by atoms with Crippen molar-refractivity contribution in [1.82, 2.24) is 0 Å². The molecule has 1 amide bonds. The van der Waals surface area contributed by atoms with E-state index < -0.39 is 0 Å². The molecule has 6 heteroatoms. The van der Waals surface area contributed by atoms with Gasteiger partial charge in [0.15, 0.2) is 0 Å². The molecule has 1 aliphatic heterocycles. The van der Waals surface area contributed by atoms with Gasteiger partial charge < -0.3 is 10.1 Å². The zero-order chi connectivity index (χ0) is 18.3. The van der Waals surface area contributed by atoms with E-state index in [1.807, 2.05) is 23.6 Å². The Kier molecular flexibility index (Phi) is 4.54. The van der Waals surface area contributed by atoms with Crippen molar-refractivity contribution in [3.05, 3.63) is 68.6 Å². The highest BCUT2D eigenvalue weighted by atomic mass is 79.9. The summed E-state index contributed by atoms with van der Waals surface area (Å²) in [4.78, 5) is 13.4. The predicted molar refractivity (Wildman–Crippen MR) is 105 cm³/mol. The van der Waals surface area contributed by atoms with E-state index >= 15 is 0 Å². The highest BCUT2D eigenvalue weighted by Crippen LogP contribution is 2.48. The minimum absolute atomic E-state index is 0.0829. The van der Waals surface area contributed by atoms with Crippen LogP contribution in [0.25, 0.3) is 11.1 Å². The molecule has 132 valence electrons. The highest BCUT2D eigenvalue weighted by molar-refractivity contribution is 9.10. The summed E-state index contributed by atoms with van der Waals surface area (Å²) in [7, 11) is 1.62. The molecule has 3 nitrogen and oxygen atoms in total. The lowest BCUT2D eigenvalue weighted by atomic mass is 9.88. The van der Waals surface area contributed by atoms with E-state index in [9.17, 15) is 9.18 Å². The lowest BCUT2D eigenvalue weighted by Gasteiger charge is -2.25. The molecule has 0 unspecified atom stereocenters. The van der Waals surface area contributed by atoms with Gasteiger partial charge in [0, 0.05) is 43.8 Å². The summed E-state index contributed by atoms with van der Waals surface area (Å²) in [6, 6.07) is 12.4. The topological polar surface area (TPSA) is 38.3 Å². The first-order valence-electron chi connectivity index (χ1n) is 8.08. The number of thiophene rings is 1. The van der Waals surface area contributed by atoms with Crippen molar-refractivity contribution in [3.8, 4) is 16.9 Å². The van der Waals surface area contributed by atoms with Gasteiger partial charge in [-0.3, -0.25) is 4.79 Å². The van der Waals surface area contributed by atoms with E-state index in [4.69, 9.17) is 4.74 Å². The molecule has 1 atom stereocenters. The zero-order valence-corrected chi connectivity index (χ0v) is 16.3. The molecule has 0 spiro atoms. The quantitative estimate of drug-likeness (QED) is 0.568. The first-order chi connectivity index (χ1) is 12.6.